The molecule has 3 aromatic carbocycles. The van der Waals surface area contributed by atoms with Gasteiger partial charge in [-0.05, 0) is 47.6 Å². The molecule has 0 N–H and O–H groups in total. The molecule has 1 aromatic heterocycles. The molecule has 0 saturated heterocycles. The van der Waals surface area contributed by atoms with Crippen LogP contribution in [0, 0.1) is 28.8 Å². The van der Waals surface area contributed by atoms with Crippen LogP contribution in [-0.2, 0) is 24.2 Å². The van der Waals surface area contributed by atoms with Gasteiger partial charge in [-0.25, -0.2) is 23.1 Å². The number of hydrogen-bond donors (Lipinski definition) is 0. The smallest absolute Gasteiger partial charge is 0.159 e. The van der Waals surface area contributed by atoms with Gasteiger partial charge in [-0.3, -0.25) is 0 Å². The van der Waals surface area contributed by atoms with Crippen LogP contribution in [0.1, 0.15) is 22.3 Å². The topological polar surface area (TPSA) is 58.8 Å². The van der Waals surface area contributed by atoms with E-state index < -0.39 is 17.2 Å². The molecule has 0 aliphatic carbocycles. The summed E-state index contributed by atoms with van der Waals surface area (Å²) in [6, 6.07) is 12.4. The zero-order valence-corrected chi connectivity index (χ0v) is 17.2. The molecular weight excluding hydrogens is 415 g/mol. The second-order valence-corrected chi connectivity index (χ2v) is 7.37. The van der Waals surface area contributed by atoms with Crippen molar-refractivity contribution in [2.45, 2.75) is 19.4 Å². The molecule has 32 heavy (non-hydrogen) atoms. The minimum atomic E-state index is -0.911. The normalized spacial score (nSPS) is 11.0. The fourth-order valence-electron chi connectivity index (χ4n) is 3.57. The van der Waals surface area contributed by atoms with Crippen LogP contribution in [0.2, 0.25) is 0 Å². The minimum absolute atomic E-state index is 0.238. The maximum atomic E-state index is 15.1. The number of aryl methyl sites for hydroxylation is 2. The van der Waals surface area contributed by atoms with Gasteiger partial charge in [-0.15, -0.1) is 0 Å². The monoisotopic (exact) mass is 433 g/mol. The Morgan fingerprint density at radius 1 is 0.906 bits per heavy atom. The van der Waals surface area contributed by atoms with Crippen LogP contribution in [0.4, 0.5) is 13.2 Å². The third kappa shape index (κ3) is 4.32. The van der Waals surface area contributed by atoms with E-state index in [0.29, 0.717) is 34.3 Å². The quantitative estimate of drug-likeness (QED) is 0.402. The van der Waals surface area contributed by atoms with E-state index >= 15 is 4.39 Å². The second kappa shape index (κ2) is 9.16. The van der Waals surface area contributed by atoms with Crippen molar-refractivity contribution in [1.82, 2.24) is 9.97 Å². The molecule has 0 bridgehead atoms. The van der Waals surface area contributed by atoms with Gasteiger partial charge in [0.25, 0.3) is 0 Å². The van der Waals surface area contributed by atoms with Crippen molar-refractivity contribution in [2.75, 3.05) is 7.11 Å². The maximum Gasteiger partial charge on any atom is 0.159 e. The summed E-state index contributed by atoms with van der Waals surface area (Å²) in [7, 11) is 1.60. The van der Waals surface area contributed by atoms with Crippen LogP contribution in [0.3, 0.4) is 0 Å². The Hall–Kier alpha value is -3.76. The first-order valence-corrected chi connectivity index (χ1v) is 9.89. The molecule has 4 rings (SSSR count). The van der Waals surface area contributed by atoms with Gasteiger partial charge in [-0.2, -0.15) is 5.26 Å². The summed E-state index contributed by atoms with van der Waals surface area (Å²) in [5.41, 5.74) is 1.81. The van der Waals surface area contributed by atoms with Crippen LogP contribution in [0.15, 0.2) is 54.9 Å². The molecule has 7 heteroatoms. The number of halogens is 3. The molecule has 0 fully saturated rings. The average Bonchev–Trinajstić information content (AvgIpc) is 2.79. The summed E-state index contributed by atoms with van der Waals surface area (Å²) in [6.07, 6.45) is 3.88. The molecule has 0 aliphatic heterocycles. The van der Waals surface area contributed by atoms with Gasteiger partial charge in [0.2, 0.25) is 0 Å². The highest BCUT2D eigenvalue weighted by Gasteiger charge is 2.13. The predicted molar refractivity (Wildman–Crippen MR) is 114 cm³/mol. The standard InChI is InChI=1S/C25H18F3N3O/c1-32-14-16-12-30-25(31-13-16)19-6-7-20-18(10-19)5-4-17(24(20)28)3-2-15-8-22(26)21(11-29)23(27)9-15/h4-10,12-13H,2-3,14H2,1H3. The van der Waals surface area contributed by atoms with E-state index in [0.717, 1.165) is 23.3 Å². The van der Waals surface area contributed by atoms with Crippen molar-refractivity contribution < 1.29 is 17.9 Å². The summed E-state index contributed by atoms with van der Waals surface area (Å²) >= 11 is 0. The molecule has 1 heterocycles. The molecular formula is C25H18F3N3O. The van der Waals surface area contributed by atoms with E-state index in [1.807, 2.05) is 6.07 Å². The summed E-state index contributed by atoms with van der Waals surface area (Å²) in [5.74, 6) is -1.67. The molecule has 0 atom stereocenters. The van der Waals surface area contributed by atoms with Crippen molar-refractivity contribution in [2.24, 2.45) is 0 Å². The van der Waals surface area contributed by atoms with E-state index in [4.69, 9.17) is 10.00 Å². The van der Waals surface area contributed by atoms with E-state index in [2.05, 4.69) is 9.97 Å². The van der Waals surface area contributed by atoms with E-state index in [-0.39, 0.29) is 18.7 Å². The first-order chi connectivity index (χ1) is 15.5. The van der Waals surface area contributed by atoms with Crippen LogP contribution in [0.25, 0.3) is 22.2 Å². The Morgan fingerprint density at radius 3 is 2.28 bits per heavy atom. The SMILES string of the molecule is COCc1cnc(-c2ccc3c(F)c(CCc4cc(F)c(C#N)c(F)c4)ccc3c2)nc1. The summed E-state index contributed by atoms with van der Waals surface area (Å²) in [5, 5.41) is 9.91. The largest absolute Gasteiger partial charge is 0.380 e. The number of hydrogen-bond acceptors (Lipinski definition) is 4. The van der Waals surface area contributed by atoms with Crippen LogP contribution in [0.5, 0.6) is 0 Å². The Labute approximate surface area is 182 Å². The zero-order valence-electron chi connectivity index (χ0n) is 17.2. The lowest BCUT2D eigenvalue weighted by atomic mass is 9.98. The number of nitriles is 1. The van der Waals surface area contributed by atoms with Crippen LogP contribution < -0.4 is 0 Å². The minimum Gasteiger partial charge on any atom is -0.380 e. The number of aromatic nitrogens is 2. The molecule has 0 unspecified atom stereocenters. The third-order valence-electron chi connectivity index (χ3n) is 5.21. The van der Waals surface area contributed by atoms with Gasteiger partial charge in [0.15, 0.2) is 5.82 Å². The Balaban J connectivity index is 1.57. The van der Waals surface area contributed by atoms with Gasteiger partial charge >= 0.3 is 0 Å². The molecule has 0 aliphatic rings. The summed E-state index contributed by atoms with van der Waals surface area (Å²) < 4.78 is 47.8. The van der Waals surface area contributed by atoms with Crippen molar-refractivity contribution in [3.8, 4) is 17.5 Å². The van der Waals surface area contributed by atoms with Crippen molar-refractivity contribution >= 4 is 10.8 Å². The third-order valence-corrected chi connectivity index (χ3v) is 5.21. The van der Waals surface area contributed by atoms with Crippen molar-refractivity contribution in [3.05, 3.63) is 94.6 Å². The molecule has 0 radical (unpaired) electrons. The number of rotatable bonds is 6. The first kappa shape index (κ1) is 21.5. The van der Waals surface area contributed by atoms with Gasteiger partial charge in [0.1, 0.15) is 29.1 Å². The van der Waals surface area contributed by atoms with E-state index in [1.54, 1.807) is 43.8 Å². The van der Waals surface area contributed by atoms with Gasteiger partial charge in [0.05, 0.1) is 6.61 Å². The highest BCUT2D eigenvalue weighted by Crippen LogP contribution is 2.27. The van der Waals surface area contributed by atoms with Gasteiger partial charge < -0.3 is 4.74 Å². The molecule has 0 spiro atoms. The first-order valence-electron chi connectivity index (χ1n) is 9.89. The molecule has 0 saturated carbocycles. The van der Waals surface area contributed by atoms with Crippen LogP contribution >= 0.6 is 0 Å². The van der Waals surface area contributed by atoms with Gasteiger partial charge in [-0.1, -0.05) is 24.3 Å². The number of ether oxygens (including phenoxy) is 1. The zero-order chi connectivity index (χ0) is 22.7. The Bertz CT molecular complexity index is 1310. The average molecular weight is 433 g/mol. The second-order valence-electron chi connectivity index (χ2n) is 7.37. The molecule has 4 aromatic rings. The Kier molecular flexibility index (Phi) is 6.15. The molecule has 0 amide bonds. The van der Waals surface area contributed by atoms with Gasteiger partial charge in [0, 0.05) is 36.0 Å². The fraction of sp³-hybridized carbons (Fsp3) is 0.160. The van der Waals surface area contributed by atoms with Crippen LogP contribution in [-0.4, -0.2) is 17.1 Å². The molecule has 160 valence electrons. The Morgan fingerprint density at radius 2 is 1.62 bits per heavy atom. The fourth-order valence-corrected chi connectivity index (χ4v) is 3.57. The van der Waals surface area contributed by atoms with Crippen molar-refractivity contribution in [3.63, 3.8) is 0 Å². The van der Waals surface area contributed by atoms with E-state index in [9.17, 15) is 8.78 Å². The highest BCUT2D eigenvalue weighted by molar-refractivity contribution is 5.87. The van der Waals surface area contributed by atoms with Crippen molar-refractivity contribution in [1.29, 1.82) is 5.26 Å². The number of nitrogens with zero attached hydrogens (tertiary/aromatic N) is 3. The van der Waals surface area contributed by atoms with E-state index in [1.165, 1.54) is 6.07 Å². The lowest BCUT2D eigenvalue weighted by molar-refractivity contribution is 0.184. The highest BCUT2D eigenvalue weighted by atomic mass is 19.1. The molecule has 4 nitrogen and oxygen atoms in total. The lowest BCUT2D eigenvalue weighted by Crippen LogP contribution is -1.99. The number of methoxy groups -OCH3 is 1. The summed E-state index contributed by atoms with van der Waals surface area (Å²) in [4.78, 5) is 8.68. The number of fused-ring (bicyclic) bond motifs is 1. The maximum absolute atomic E-state index is 15.1. The predicted octanol–water partition coefficient (Wildman–Crippen LogP) is 5.52. The number of benzene rings is 3. The summed E-state index contributed by atoms with van der Waals surface area (Å²) in [6.45, 7) is 0.424. The lowest BCUT2D eigenvalue weighted by Gasteiger charge is -2.09.